The van der Waals surface area contributed by atoms with Crippen molar-refractivity contribution < 1.29 is 13.9 Å². The summed E-state index contributed by atoms with van der Waals surface area (Å²) >= 11 is 1.52. The van der Waals surface area contributed by atoms with Crippen LogP contribution in [0.1, 0.15) is 56.6 Å². The second kappa shape index (κ2) is 11.9. The number of benzene rings is 1. The molecule has 3 heterocycles. The van der Waals surface area contributed by atoms with Gasteiger partial charge in [-0.3, -0.25) is 14.8 Å². The number of pyridine rings is 2. The molecule has 0 amide bonds. The average molecular weight is 518 g/mol. The number of ketones is 1. The molecule has 1 fully saturated rings. The van der Waals surface area contributed by atoms with Crippen LogP contribution >= 0.6 is 11.3 Å². The Kier molecular flexibility index (Phi) is 8.21. The standard InChI is InChI=1S/C30H32FN3O2S/c1-2-12-32-18-22-7-9-25(34-19-22)29-17-26-30(37-29)28(11-13-33-26)36-27-10-8-21(16-24(27)31)15-23(35)14-20-5-3-4-6-20/h7-11,13,16-17,19-20,32H,2-6,12,14-15,18H2,1H3. The molecule has 0 bridgehead atoms. The number of nitrogens with zero attached hydrogens (tertiary/aromatic N) is 2. The van der Waals surface area contributed by atoms with Crippen LogP contribution in [0, 0.1) is 11.7 Å². The van der Waals surface area contributed by atoms with E-state index in [4.69, 9.17) is 4.74 Å². The van der Waals surface area contributed by atoms with Gasteiger partial charge < -0.3 is 10.1 Å². The molecule has 1 N–H and O–H groups in total. The van der Waals surface area contributed by atoms with Gasteiger partial charge >= 0.3 is 0 Å². The largest absolute Gasteiger partial charge is 0.453 e. The van der Waals surface area contributed by atoms with Gasteiger partial charge in [0.05, 0.1) is 20.8 Å². The van der Waals surface area contributed by atoms with Gasteiger partial charge in [0, 0.05) is 37.8 Å². The molecule has 5 nitrogen and oxygen atoms in total. The third kappa shape index (κ3) is 6.40. The molecule has 5 rings (SSSR count). The minimum Gasteiger partial charge on any atom is -0.453 e. The van der Waals surface area contributed by atoms with Crippen LogP contribution in [0.2, 0.25) is 0 Å². The molecule has 0 aliphatic heterocycles. The Bertz CT molecular complexity index is 1360. The van der Waals surface area contributed by atoms with E-state index < -0.39 is 5.82 Å². The predicted molar refractivity (Wildman–Crippen MR) is 147 cm³/mol. The highest BCUT2D eigenvalue weighted by Gasteiger charge is 2.19. The maximum atomic E-state index is 14.9. The number of fused-ring (bicyclic) bond motifs is 1. The Morgan fingerprint density at radius 2 is 1.92 bits per heavy atom. The number of ether oxygens (including phenoxy) is 1. The summed E-state index contributed by atoms with van der Waals surface area (Å²) in [6.07, 6.45) is 10.2. The number of nitrogens with one attached hydrogen (secondary N) is 1. The first-order chi connectivity index (χ1) is 18.1. The number of thiophene rings is 1. The number of Topliss-reactive ketones (excluding diaryl/α,β-unsaturated/α-hetero) is 1. The summed E-state index contributed by atoms with van der Waals surface area (Å²) in [7, 11) is 0. The molecule has 7 heteroatoms. The van der Waals surface area contributed by atoms with Gasteiger partial charge in [0.25, 0.3) is 0 Å². The highest BCUT2D eigenvalue weighted by atomic mass is 32.1. The van der Waals surface area contributed by atoms with Crippen molar-refractivity contribution in [3.8, 4) is 22.1 Å². The summed E-state index contributed by atoms with van der Waals surface area (Å²) in [5.74, 6) is 0.894. The van der Waals surface area contributed by atoms with E-state index >= 15 is 0 Å². The van der Waals surface area contributed by atoms with Gasteiger partial charge in [-0.1, -0.05) is 44.7 Å². The van der Waals surface area contributed by atoms with E-state index in [1.807, 2.05) is 18.3 Å². The lowest BCUT2D eigenvalue weighted by Gasteiger charge is -2.10. The summed E-state index contributed by atoms with van der Waals surface area (Å²) in [6, 6.07) is 12.6. The van der Waals surface area contributed by atoms with E-state index in [-0.39, 0.29) is 18.0 Å². The Balaban J connectivity index is 1.28. The SMILES string of the molecule is CCCNCc1ccc(-c2cc3nccc(Oc4ccc(CC(=O)CC5CCCC5)cc4F)c3s2)nc1. The number of rotatable bonds is 11. The van der Waals surface area contributed by atoms with Crippen molar-refractivity contribution in [1.82, 2.24) is 15.3 Å². The van der Waals surface area contributed by atoms with E-state index in [2.05, 4.69) is 28.3 Å². The van der Waals surface area contributed by atoms with E-state index in [9.17, 15) is 9.18 Å². The van der Waals surface area contributed by atoms with E-state index in [0.717, 1.165) is 58.7 Å². The van der Waals surface area contributed by atoms with Crippen LogP contribution in [-0.2, 0) is 17.8 Å². The van der Waals surface area contributed by atoms with Crippen LogP contribution in [-0.4, -0.2) is 22.3 Å². The Morgan fingerprint density at radius 1 is 1.08 bits per heavy atom. The summed E-state index contributed by atoms with van der Waals surface area (Å²) in [4.78, 5) is 22.5. The lowest BCUT2D eigenvalue weighted by molar-refractivity contribution is -0.119. The third-order valence-electron chi connectivity index (χ3n) is 6.82. The van der Waals surface area contributed by atoms with Gasteiger partial charge in [-0.25, -0.2) is 4.39 Å². The van der Waals surface area contributed by atoms with Crippen LogP contribution < -0.4 is 10.1 Å². The van der Waals surface area contributed by atoms with Crippen LogP contribution in [0.25, 0.3) is 20.8 Å². The number of carbonyl (C=O) groups is 1. The molecule has 1 saturated carbocycles. The summed E-state index contributed by atoms with van der Waals surface area (Å²) < 4.78 is 21.8. The molecule has 192 valence electrons. The second-order valence-electron chi connectivity index (χ2n) is 9.80. The van der Waals surface area contributed by atoms with Crippen molar-refractivity contribution >= 4 is 27.3 Å². The highest BCUT2D eigenvalue weighted by Crippen LogP contribution is 2.39. The fourth-order valence-corrected chi connectivity index (χ4v) is 5.94. The molecule has 0 radical (unpaired) electrons. The molecule has 0 atom stereocenters. The summed E-state index contributed by atoms with van der Waals surface area (Å²) in [6.45, 7) is 3.92. The number of aromatic nitrogens is 2. The van der Waals surface area contributed by atoms with Crippen molar-refractivity contribution in [3.63, 3.8) is 0 Å². The van der Waals surface area contributed by atoms with Crippen molar-refractivity contribution in [2.75, 3.05) is 6.54 Å². The first-order valence-corrected chi connectivity index (χ1v) is 13.9. The molecule has 1 aromatic carbocycles. The van der Waals surface area contributed by atoms with Gasteiger partial charge in [0.15, 0.2) is 11.6 Å². The Morgan fingerprint density at radius 3 is 2.68 bits per heavy atom. The van der Waals surface area contributed by atoms with Crippen molar-refractivity contribution in [2.45, 2.75) is 58.4 Å². The topological polar surface area (TPSA) is 64.1 Å². The third-order valence-corrected chi connectivity index (χ3v) is 7.98. The molecule has 0 saturated heterocycles. The second-order valence-corrected chi connectivity index (χ2v) is 10.9. The van der Waals surface area contributed by atoms with E-state index in [1.165, 1.54) is 30.2 Å². The fourth-order valence-electron chi connectivity index (χ4n) is 4.90. The minimum atomic E-state index is -0.471. The zero-order valence-corrected chi connectivity index (χ0v) is 22.0. The van der Waals surface area contributed by atoms with Gasteiger partial charge in [-0.15, -0.1) is 11.3 Å². The number of carbonyl (C=O) groups excluding carboxylic acids is 1. The minimum absolute atomic E-state index is 0.136. The smallest absolute Gasteiger partial charge is 0.166 e. The van der Waals surface area contributed by atoms with Crippen LogP contribution in [0.5, 0.6) is 11.5 Å². The monoisotopic (exact) mass is 517 g/mol. The number of halogens is 1. The molecule has 0 unspecified atom stereocenters. The van der Waals surface area contributed by atoms with E-state index in [0.29, 0.717) is 23.7 Å². The molecule has 1 aliphatic carbocycles. The highest BCUT2D eigenvalue weighted by molar-refractivity contribution is 7.22. The van der Waals surface area contributed by atoms with Crippen molar-refractivity contribution in [2.24, 2.45) is 5.92 Å². The molecule has 4 aromatic rings. The number of hydrogen-bond donors (Lipinski definition) is 1. The van der Waals surface area contributed by atoms with E-state index in [1.54, 1.807) is 24.4 Å². The molecule has 37 heavy (non-hydrogen) atoms. The molecular formula is C30H32FN3O2S. The maximum Gasteiger partial charge on any atom is 0.166 e. The molecule has 1 aliphatic rings. The predicted octanol–water partition coefficient (Wildman–Crippen LogP) is 7.48. The zero-order valence-electron chi connectivity index (χ0n) is 21.1. The lowest BCUT2D eigenvalue weighted by Crippen LogP contribution is -2.13. The van der Waals surface area contributed by atoms with Crippen LogP contribution in [0.3, 0.4) is 0 Å². The lowest BCUT2D eigenvalue weighted by atomic mass is 9.97. The Hall–Kier alpha value is -3.16. The van der Waals surface area contributed by atoms with Crippen molar-refractivity contribution in [3.05, 3.63) is 71.8 Å². The quantitative estimate of drug-likeness (QED) is 0.209. The van der Waals surface area contributed by atoms with Gasteiger partial charge in [-0.2, -0.15) is 0 Å². The molecule has 3 aromatic heterocycles. The maximum absolute atomic E-state index is 14.9. The van der Waals surface area contributed by atoms with Crippen LogP contribution in [0.15, 0.2) is 54.9 Å². The summed E-state index contributed by atoms with van der Waals surface area (Å²) in [5.41, 5.74) is 3.47. The van der Waals surface area contributed by atoms with Crippen molar-refractivity contribution in [1.29, 1.82) is 0 Å². The van der Waals surface area contributed by atoms with Crippen LogP contribution in [0.4, 0.5) is 4.39 Å². The summed E-state index contributed by atoms with van der Waals surface area (Å²) in [5, 5.41) is 3.38. The fraction of sp³-hybridized carbons (Fsp3) is 0.367. The first-order valence-electron chi connectivity index (χ1n) is 13.1. The average Bonchev–Trinajstić information content (AvgIpc) is 3.57. The van der Waals surface area contributed by atoms with Gasteiger partial charge in [0.2, 0.25) is 0 Å². The molecular weight excluding hydrogens is 485 g/mol. The van der Waals surface area contributed by atoms with Gasteiger partial charge in [0.1, 0.15) is 11.5 Å². The van der Waals surface area contributed by atoms with Gasteiger partial charge in [-0.05, 0) is 54.3 Å². The normalized spacial score (nSPS) is 13.9. The molecule has 0 spiro atoms. The Labute approximate surface area is 221 Å². The number of hydrogen-bond acceptors (Lipinski definition) is 6. The zero-order chi connectivity index (χ0) is 25.6. The first kappa shape index (κ1) is 25.5.